The smallest absolute Gasteiger partial charge is 0.394 e. The minimum Gasteiger partial charge on any atom is -0.394 e. The summed E-state index contributed by atoms with van der Waals surface area (Å²) < 4.78 is 9.04. The number of rotatable bonds is 2. The molecule has 1 fully saturated rings. The van der Waals surface area contributed by atoms with Crippen molar-refractivity contribution in [2.45, 2.75) is 26.1 Å². The van der Waals surface area contributed by atoms with Gasteiger partial charge in [-0.2, -0.15) is 0 Å². The first-order chi connectivity index (χ1) is 3.83. The van der Waals surface area contributed by atoms with Crippen molar-refractivity contribution in [2.75, 3.05) is 0 Å². The molecule has 1 heterocycles. The van der Waals surface area contributed by atoms with Crippen LogP contribution in [0.4, 0.5) is 4.79 Å². The zero-order valence-electron chi connectivity index (χ0n) is 4.72. The lowest BCUT2D eigenvalue weighted by Gasteiger charge is -2.24. The van der Waals surface area contributed by atoms with E-state index in [0.717, 1.165) is 12.8 Å². The first kappa shape index (κ1) is 5.41. The largest absolute Gasteiger partial charge is 0.514 e. The van der Waals surface area contributed by atoms with Crippen molar-refractivity contribution < 1.29 is 14.3 Å². The monoisotopic (exact) mass is 116 g/mol. The van der Waals surface area contributed by atoms with E-state index >= 15 is 0 Å². The van der Waals surface area contributed by atoms with Gasteiger partial charge in [-0.1, -0.05) is 6.92 Å². The fraction of sp³-hybridized carbons (Fsp3) is 0.800. The second-order valence-electron chi connectivity index (χ2n) is 1.70. The number of carbonyl (C=O) groups excluding carboxylic acids is 1. The number of hydrogen-bond acceptors (Lipinski definition) is 3. The predicted octanol–water partition coefficient (Wildman–Crippen LogP) is 1.28. The van der Waals surface area contributed by atoms with Crippen LogP contribution in [-0.2, 0) is 9.47 Å². The Kier molecular flexibility index (Phi) is 1.37. The van der Waals surface area contributed by atoms with Crippen LogP contribution in [-0.4, -0.2) is 12.4 Å². The molecule has 0 aromatic carbocycles. The van der Waals surface area contributed by atoms with Gasteiger partial charge in [0.05, 0.1) is 0 Å². The minimum atomic E-state index is -0.538. The van der Waals surface area contributed by atoms with E-state index in [-0.39, 0.29) is 6.29 Å². The second-order valence-corrected chi connectivity index (χ2v) is 1.70. The van der Waals surface area contributed by atoms with Crippen molar-refractivity contribution in [3.05, 3.63) is 0 Å². The van der Waals surface area contributed by atoms with Crippen molar-refractivity contribution in [2.24, 2.45) is 0 Å². The van der Waals surface area contributed by atoms with Crippen molar-refractivity contribution in [1.29, 1.82) is 0 Å². The molecule has 1 aliphatic rings. The standard InChI is InChI=1S/C5H8O3/c1-2-3-4-7-5(6)8-4/h4H,2-3H2,1H3. The molecule has 3 nitrogen and oxygen atoms in total. The summed E-state index contributed by atoms with van der Waals surface area (Å²) in [5.74, 6) is 0. The highest BCUT2D eigenvalue weighted by Gasteiger charge is 2.28. The molecule has 3 heteroatoms. The van der Waals surface area contributed by atoms with Crippen LogP contribution in [0.5, 0.6) is 0 Å². The summed E-state index contributed by atoms with van der Waals surface area (Å²) >= 11 is 0. The summed E-state index contributed by atoms with van der Waals surface area (Å²) in [6.07, 6.45) is 1.01. The summed E-state index contributed by atoms with van der Waals surface area (Å²) in [6, 6.07) is 0. The summed E-state index contributed by atoms with van der Waals surface area (Å²) in [4.78, 5) is 9.94. The lowest BCUT2D eigenvalue weighted by molar-refractivity contribution is -0.184. The molecule has 0 amide bonds. The molecule has 0 spiro atoms. The van der Waals surface area contributed by atoms with Gasteiger partial charge in [0.25, 0.3) is 6.29 Å². The Morgan fingerprint density at radius 1 is 1.62 bits per heavy atom. The van der Waals surface area contributed by atoms with Crippen LogP contribution >= 0.6 is 0 Å². The van der Waals surface area contributed by atoms with E-state index in [4.69, 9.17) is 0 Å². The molecule has 0 unspecified atom stereocenters. The first-order valence-corrected chi connectivity index (χ1v) is 2.70. The Morgan fingerprint density at radius 3 is 2.62 bits per heavy atom. The average molecular weight is 116 g/mol. The van der Waals surface area contributed by atoms with Gasteiger partial charge in [-0.25, -0.2) is 4.79 Å². The fourth-order valence-electron chi connectivity index (χ4n) is 0.577. The van der Waals surface area contributed by atoms with E-state index in [0.29, 0.717) is 0 Å². The minimum absolute atomic E-state index is 0.243. The van der Waals surface area contributed by atoms with Crippen LogP contribution in [0.25, 0.3) is 0 Å². The summed E-state index contributed by atoms with van der Waals surface area (Å²) in [5.41, 5.74) is 0. The summed E-state index contributed by atoms with van der Waals surface area (Å²) in [6.45, 7) is 2.01. The molecule has 0 bridgehead atoms. The van der Waals surface area contributed by atoms with E-state index in [1.165, 1.54) is 0 Å². The van der Waals surface area contributed by atoms with Gasteiger partial charge in [0.2, 0.25) is 0 Å². The number of hydrogen-bond donors (Lipinski definition) is 0. The molecule has 46 valence electrons. The van der Waals surface area contributed by atoms with Crippen molar-refractivity contribution >= 4 is 6.16 Å². The Balaban J connectivity index is 2.06. The van der Waals surface area contributed by atoms with Crippen LogP contribution in [0.3, 0.4) is 0 Å². The van der Waals surface area contributed by atoms with Crippen LogP contribution in [0.1, 0.15) is 19.8 Å². The van der Waals surface area contributed by atoms with E-state index in [1.54, 1.807) is 0 Å². The maximum Gasteiger partial charge on any atom is 0.514 e. The van der Waals surface area contributed by atoms with Crippen LogP contribution < -0.4 is 0 Å². The van der Waals surface area contributed by atoms with Gasteiger partial charge in [0, 0.05) is 6.42 Å². The van der Waals surface area contributed by atoms with Gasteiger partial charge in [0.15, 0.2) is 0 Å². The normalized spacial score (nSPS) is 18.9. The zero-order chi connectivity index (χ0) is 5.98. The third-order valence-electron chi connectivity index (χ3n) is 0.980. The van der Waals surface area contributed by atoms with Gasteiger partial charge in [0.1, 0.15) is 0 Å². The predicted molar refractivity (Wildman–Crippen MR) is 26.3 cm³/mol. The molecule has 8 heavy (non-hydrogen) atoms. The molecule has 1 saturated heterocycles. The third kappa shape index (κ3) is 0.911. The SMILES string of the molecule is CCCC1OC(=O)O1. The van der Waals surface area contributed by atoms with Crippen LogP contribution in [0.15, 0.2) is 0 Å². The molecule has 0 saturated carbocycles. The Morgan fingerprint density at radius 2 is 2.25 bits per heavy atom. The molecule has 0 aliphatic carbocycles. The number of ether oxygens (including phenoxy) is 2. The topological polar surface area (TPSA) is 35.5 Å². The van der Waals surface area contributed by atoms with Gasteiger partial charge >= 0.3 is 6.16 Å². The maximum absolute atomic E-state index is 9.94. The van der Waals surface area contributed by atoms with E-state index in [9.17, 15) is 4.79 Å². The van der Waals surface area contributed by atoms with E-state index < -0.39 is 6.16 Å². The van der Waals surface area contributed by atoms with Crippen molar-refractivity contribution in [3.63, 3.8) is 0 Å². The Bertz CT molecular complexity index is 91.8. The van der Waals surface area contributed by atoms with Gasteiger partial charge < -0.3 is 9.47 Å². The fourth-order valence-corrected chi connectivity index (χ4v) is 0.577. The van der Waals surface area contributed by atoms with Crippen LogP contribution in [0.2, 0.25) is 0 Å². The Labute approximate surface area is 47.6 Å². The summed E-state index contributed by atoms with van der Waals surface area (Å²) in [5, 5.41) is 0. The van der Waals surface area contributed by atoms with Crippen molar-refractivity contribution in [3.8, 4) is 0 Å². The highest BCUT2D eigenvalue weighted by atomic mass is 16.9. The average Bonchev–Trinajstić information content (AvgIpc) is 1.64. The third-order valence-corrected chi connectivity index (χ3v) is 0.980. The molecule has 0 atom stereocenters. The lowest BCUT2D eigenvalue weighted by Crippen LogP contribution is -2.34. The number of cyclic esters (lactones) is 2. The molecule has 1 aliphatic heterocycles. The van der Waals surface area contributed by atoms with Gasteiger partial charge in [-0.3, -0.25) is 0 Å². The molecule has 0 radical (unpaired) electrons. The molecular weight excluding hydrogens is 108 g/mol. The maximum atomic E-state index is 9.94. The van der Waals surface area contributed by atoms with E-state index in [1.807, 2.05) is 6.92 Å². The van der Waals surface area contributed by atoms with Gasteiger partial charge in [-0.15, -0.1) is 0 Å². The first-order valence-electron chi connectivity index (χ1n) is 2.70. The quantitative estimate of drug-likeness (QED) is 0.510. The second kappa shape index (κ2) is 2.03. The molecular formula is C5H8O3. The number of carbonyl (C=O) groups is 1. The van der Waals surface area contributed by atoms with Crippen LogP contribution in [0, 0.1) is 0 Å². The lowest BCUT2D eigenvalue weighted by atomic mass is 10.3. The zero-order valence-corrected chi connectivity index (χ0v) is 4.72. The van der Waals surface area contributed by atoms with Crippen molar-refractivity contribution in [1.82, 2.24) is 0 Å². The summed E-state index contributed by atoms with van der Waals surface area (Å²) in [7, 11) is 0. The molecule has 0 aromatic rings. The Hall–Kier alpha value is -0.730. The molecule has 0 N–H and O–H groups in total. The molecule has 0 aromatic heterocycles. The van der Waals surface area contributed by atoms with Gasteiger partial charge in [-0.05, 0) is 6.42 Å². The van der Waals surface area contributed by atoms with E-state index in [2.05, 4.69) is 9.47 Å². The highest BCUT2D eigenvalue weighted by Crippen LogP contribution is 2.14. The molecule has 1 rings (SSSR count). The highest BCUT2D eigenvalue weighted by molar-refractivity contribution is 5.63.